The van der Waals surface area contributed by atoms with Crippen LogP contribution in [-0.4, -0.2) is 28.3 Å². The first-order valence-corrected chi connectivity index (χ1v) is 22.6. The molecule has 0 radical (unpaired) electrons. The van der Waals surface area contributed by atoms with E-state index in [1.807, 2.05) is 0 Å². The second-order valence-corrected chi connectivity index (χ2v) is 23.9. The summed E-state index contributed by atoms with van der Waals surface area (Å²) in [6.07, 6.45) is 8.68. The Bertz CT molecular complexity index is 1270. The van der Waals surface area contributed by atoms with Gasteiger partial charge in [-0.25, -0.2) is 0 Å². The maximum atomic E-state index is 2.46. The summed E-state index contributed by atoms with van der Waals surface area (Å²) in [6, 6.07) is 45.6. The molecule has 258 valence electrons. The average Bonchev–Trinajstić information content (AvgIpc) is 3.75. The molecule has 4 aromatic carbocycles. The van der Waals surface area contributed by atoms with Crippen molar-refractivity contribution in [1.82, 2.24) is 0 Å². The zero-order valence-electron chi connectivity index (χ0n) is 30.4. The van der Waals surface area contributed by atoms with Crippen molar-refractivity contribution in [3.63, 3.8) is 0 Å². The van der Waals surface area contributed by atoms with Gasteiger partial charge in [0.15, 0.2) is 0 Å². The van der Waals surface area contributed by atoms with Gasteiger partial charge in [0.05, 0.1) is 0 Å². The van der Waals surface area contributed by atoms with E-state index in [4.69, 9.17) is 0 Å². The minimum absolute atomic E-state index is 0. The molecule has 0 nitrogen and oxygen atoms in total. The van der Waals surface area contributed by atoms with Crippen LogP contribution in [0.1, 0.15) is 87.0 Å². The van der Waals surface area contributed by atoms with Crippen molar-refractivity contribution in [1.29, 1.82) is 0 Å². The van der Waals surface area contributed by atoms with Crippen LogP contribution >= 0.6 is 23.8 Å². The van der Waals surface area contributed by atoms with Gasteiger partial charge in [0.1, 0.15) is 0 Å². The fourth-order valence-corrected chi connectivity index (χ4v) is 18.9. The Hall–Kier alpha value is -1.31. The third kappa shape index (κ3) is 10.1. The molecule has 2 atom stereocenters. The average molecular weight is 737 g/mol. The van der Waals surface area contributed by atoms with Crippen molar-refractivity contribution >= 4 is 45.0 Å². The predicted octanol–water partition coefficient (Wildman–Crippen LogP) is 11.7. The summed E-state index contributed by atoms with van der Waals surface area (Å²) in [6.45, 7) is 17.1. The van der Waals surface area contributed by atoms with E-state index in [1.54, 1.807) is 0 Å². The van der Waals surface area contributed by atoms with E-state index >= 15 is 0 Å². The Morgan fingerprint density at radius 1 is 0.500 bits per heavy atom. The van der Waals surface area contributed by atoms with Gasteiger partial charge in [-0.05, 0) is 102 Å². The summed E-state index contributed by atoms with van der Waals surface area (Å²) in [7, 11) is -0.604. The standard InChI is InChI=1S/C33H36P2.C11H23P.Fe/c1-33(2,3)26-24-31(34(27-16-8-4-9-17-27)28-18-10-5-11-19-28)32(25-26)35(29-20-12-6-13-21-29)30-22-14-7-15-23-30;1-9(2)12(10(3)4)11-7-5-6-8-11;/h4-23,26,31-32H,24-25H2,1-3H3;9-11H,5-8H2,1-4H3;. The van der Waals surface area contributed by atoms with Gasteiger partial charge in [-0.15, -0.1) is 0 Å². The Labute approximate surface area is 308 Å². The fraction of sp³-hybridized carbons (Fsp3) is 0.455. The molecule has 2 saturated carbocycles. The third-order valence-corrected chi connectivity index (χ3v) is 20.3. The first-order valence-electron chi connectivity index (χ1n) is 18.2. The van der Waals surface area contributed by atoms with E-state index < -0.39 is 15.8 Å². The molecule has 48 heavy (non-hydrogen) atoms. The summed E-state index contributed by atoms with van der Waals surface area (Å²) in [5, 5.41) is 6.09. The van der Waals surface area contributed by atoms with Crippen LogP contribution in [0.25, 0.3) is 0 Å². The van der Waals surface area contributed by atoms with Crippen LogP contribution < -0.4 is 21.2 Å². The monoisotopic (exact) mass is 736 g/mol. The van der Waals surface area contributed by atoms with Gasteiger partial charge in [0.25, 0.3) is 0 Å². The maximum absolute atomic E-state index is 2.46. The molecule has 0 aromatic heterocycles. The molecular formula is C44H59FeP3. The Morgan fingerprint density at radius 2 is 0.792 bits per heavy atom. The first kappa shape index (κ1) is 39.5. The Kier molecular flexibility index (Phi) is 15.5. The molecular weight excluding hydrogens is 677 g/mol. The molecule has 0 amide bonds. The molecule has 4 aromatic rings. The van der Waals surface area contributed by atoms with Gasteiger partial charge in [-0.2, -0.15) is 0 Å². The molecule has 6 rings (SSSR count). The van der Waals surface area contributed by atoms with Crippen LogP contribution in [0.3, 0.4) is 0 Å². The summed E-state index contributed by atoms with van der Waals surface area (Å²) < 4.78 is 0. The van der Waals surface area contributed by atoms with Gasteiger partial charge < -0.3 is 0 Å². The van der Waals surface area contributed by atoms with E-state index in [0.29, 0.717) is 24.7 Å². The zero-order chi connectivity index (χ0) is 33.4. The molecule has 2 fully saturated rings. The second kappa shape index (κ2) is 18.8. The van der Waals surface area contributed by atoms with Gasteiger partial charge in [0.2, 0.25) is 0 Å². The van der Waals surface area contributed by atoms with Crippen LogP contribution in [0.4, 0.5) is 0 Å². The molecule has 2 aliphatic carbocycles. The number of benzene rings is 4. The van der Waals surface area contributed by atoms with Crippen molar-refractivity contribution in [2.24, 2.45) is 11.3 Å². The van der Waals surface area contributed by atoms with Crippen molar-refractivity contribution in [2.45, 2.75) is 115 Å². The van der Waals surface area contributed by atoms with Crippen molar-refractivity contribution < 1.29 is 17.1 Å². The molecule has 0 saturated heterocycles. The molecule has 0 aliphatic heterocycles. The zero-order valence-corrected chi connectivity index (χ0v) is 34.2. The van der Waals surface area contributed by atoms with Crippen LogP contribution in [0, 0.1) is 11.3 Å². The van der Waals surface area contributed by atoms with Crippen LogP contribution in [0.5, 0.6) is 0 Å². The summed E-state index contributed by atoms with van der Waals surface area (Å²) in [5.74, 6) is 0.729. The van der Waals surface area contributed by atoms with Gasteiger partial charge in [-0.3, -0.25) is 0 Å². The Morgan fingerprint density at radius 3 is 1.04 bits per heavy atom. The molecule has 0 bridgehead atoms. The maximum Gasteiger partial charge on any atom is 0 e. The minimum Gasteiger partial charge on any atom is -0.0983 e. The van der Waals surface area contributed by atoms with E-state index in [0.717, 1.165) is 22.9 Å². The van der Waals surface area contributed by atoms with E-state index in [2.05, 4.69) is 170 Å². The normalized spacial score (nSPS) is 20.0. The number of hydrogen-bond donors (Lipinski definition) is 0. The van der Waals surface area contributed by atoms with E-state index in [-0.39, 0.29) is 17.1 Å². The SMILES string of the molecule is CC(C)(C)C1CC(P(c2ccccc2)c2ccccc2)C(P(c2ccccc2)c2ccccc2)C1.CC(C)P(C(C)C)C1CCCC1.[Fe]. The second-order valence-electron chi connectivity index (χ2n) is 15.3. The quantitative estimate of drug-likeness (QED) is 0.119. The van der Waals surface area contributed by atoms with Gasteiger partial charge in [-0.1, -0.05) is 191 Å². The van der Waals surface area contributed by atoms with E-state index in [1.165, 1.54) is 59.7 Å². The van der Waals surface area contributed by atoms with Gasteiger partial charge in [0, 0.05) is 17.1 Å². The Balaban J connectivity index is 0.000000340. The predicted molar refractivity (Wildman–Crippen MR) is 217 cm³/mol. The summed E-state index contributed by atoms with van der Waals surface area (Å²) >= 11 is 0. The van der Waals surface area contributed by atoms with E-state index in [9.17, 15) is 0 Å². The van der Waals surface area contributed by atoms with Gasteiger partial charge >= 0.3 is 0 Å². The number of hydrogen-bond acceptors (Lipinski definition) is 0. The largest absolute Gasteiger partial charge is 0.0983 e. The molecule has 2 aliphatic rings. The third-order valence-electron chi connectivity index (χ3n) is 10.5. The van der Waals surface area contributed by atoms with Crippen molar-refractivity contribution in [3.05, 3.63) is 121 Å². The van der Waals surface area contributed by atoms with Crippen molar-refractivity contribution in [2.75, 3.05) is 0 Å². The minimum atomic E-state index is -0.462. The molecule has 2 unspecified atom stereocenters. The summed E-state index contributed by atoms with van der Waals surface area (Å²) in [5.41, 5.74) is 4.64. The molecule has 4 heteroatoms. The first-order chi connectivity index (χ1) is 22.6. The van der Waals surface area contributed by atoms with Crippen LogP contribution in [-0.2, 0) is 17.1 Å². The number of rotatable bonds is 9. The van der Waals surface area contributed by atoms with Crippen LogP contribution in [0.15, 0.2) is 121 Å². The smallest absolute Gasteiger partial charge is 0 e. The van der Waals surface area contributed by atoms with Crippen molar-refractivity contribution in [3.8, 4) is 0 Å². The molecule has 0 heterocycles. The fourth-order valence-electron chi connectivity index (χ4n) is 8.32. The molecule has 0 spiro atoms. The topological polar surface area (TPSA) is 0 Å². The summed E-state index contributed by atoms with van der Waals surface area (Å²) in [4.78, 5) is 0. The molecule has 0 N–H and O–H groups in total. The van der Waals surface area contributed by atoms with Crippen LogP contribution in [0.2, 0.25) is 0 Å².